The Hall–Kier alpha value is -3.95. The Labute approximate surface area is 659 Å². The zero-order valence-electron chi connectivity index (χ0n) is 55.0. The molecule has 2 saturated carbocycles. The topological polar surface area (TPSA) is 171 Å². The van der Waals surface area contributed by atoms with Crippen LogP contribution in [0.5, 0.6) is 11.5 Å². The van der Waals surface area contributed by atoms with Crippen molar-refractivity contribution in [1.29, 1.82) is 0 Å². The van der Waals surface area contributed by atoms with Gasteiger partial charge in [0, 0.05) is 28.7 Å². The van der Waals surface area contributed by atoms with Crippen LogP contribution in [0, 0.1) is 6.92 Å². The normalized spacial score (nSPS) is 14.6. The van der Waals surface area contributed by atoms with Gasteiger partial charge in [-0.25, -0.2) is 24.0 Å². The molecule has 0 spiro atoms. The van der Waals surface area contributed by atoms with Crippen molar-refractivity contribution < 1.29 is 89.6 Å². The molecular formula is C75H67BCl2K3N6O8P. The van der Waals surface area contributed by atoms with Crippen LogP contribution < -0.4 is 76.5 Å². The molecule has 0 radical (unpaired) electrons. The van der Waals surface area contributed by atoms with E-state index in [9.17, 15) is 0 Å². The number of hydrogen-bond acceptors (Lipinski definition) is 12. The Morgan fingerprint density at radius 1 is 0.521 bits per heavy atom. The van der Waals surface area contributed by atoms with E-state index in [0.29, 0.717) is 22.5 Å². The first-order chi connectivity index (χ1) is 46.1. The van der Waals surface area contributed by atoms with E-state index >= 15 is 0 Å². The van der Waals surface area contributed by atoms with Crippen LogP contribution in [0.2, 0.25) is 10.3 Å². The third-order valence-electron chi connectivity index (χ3n) is 17.3. The van der Waals surface area contributed by atoms with Crippen molar-refractivity contribution >= 4 is 129 Å². The van der Waals surface area contributed by atoms with E-state index in [4.69, 9.17) is 66.9 Å². The van der Waals surface area contributed by atoms with Crippen molar-refractivity contribution in [2.45, 2.75) is 94.8 Å². The van der Waals surface area contributed by atoms with Gasteiger partial charge in [0.05, 0.1) is 40.1 Å². The zero-order valence-corrected chi connectivity index (χ0v) is 66.7. The van der Waals surface area contributed by atoms with E-state index in [1.807, 2.05) is 45.9 Å². The molecule has 1 unspecified atom stereocenters. The molecule has 12 aromatic rings. The van der Waals surface area contributed by atoms with Gasteiger partial charge in [-0.15, -0.1) is 0 Å². The van der Waals surface area contributed by atoms with Crippen LogP contribution >= 0.6 is 31.5 Å². The second-order valence-corrected chi connectivity index (χ2v) is 25.4. The fourth-order valence-corrected chi connectivity index (χ4v) is 12.2. The second kappa shape index (κ2) is 34.1. The Balaban J connectivity index is 0.000000158. The Kier molecular flexibility index (Phi) is 26.6. The molecule has 470 valence electrons. The van der Waals surface area contributed by atoms with Crippen molar-refractivity contribution in [1.82, 2.24) is 29.5 Å². The molecule has 2 aliphatic carbocycles. The standard InChI is InChI=1S/C34H26ClN3O.C30H26N2O.C11H15BClNO2.3K.HO4P/c35-32-22-24(20-21-36-32)33-30-23-29(39-28-16-17-28)18-19-31(30)38(37-33)34(25-10-4-1-5-11-25,26-12-6-2-7-13-26)27-14-8-3-9-15-27;1-22-28-21-27(33-26-17-18-26)19-20-29(28)32(31-22)30(23-11-5-2-6-12-23,24-13-7-3-8-14-24)25-15-9-4-10-16-25;1-10(2)11(3,4)16-12(15-10)8-5-6-14-9(13)7-8;;;;1-4-5(2)3/h1-15,18-23,28H,16-17H2;2-16,19-21,26H,17-18H2,1H3;5-7H,1-4H3;;;;1H/q;;;;;+1;/p-1. The summed E-state index contributed by atoms with van der Waals surface area (Å²) in [5.41, 5.74) is 10.6. The minimum absolute atomic E-state index is 0. The molecule has 15 rings (SSSR count). The Morgan fingerprint density at radius 3 is 1.22 bits per heavy atom. The molecule has 1 saturated heterocycles. The summed E-state index contributed by atoms with van der Waals surface area (Å²) in [6.45, 7) is 10.2. The molecule has 21 heteroatoms. The van der Waals surface area contributed by atoms with Gasteiger partial charge in [-0.3, -0.25) is 0 Å². The number of fused-ring (bicyclic) bond motifs is 2. The molecule has 1 atom stereocenters. The summed E-state index contributed by atoms with van der Waals surface area (Å²) in [6.07, 6.45) is 8.55. The number of ether oxygens (including phenoxy) is 2. The number of nitrogens with zero attached hydrogens (tertiary/aromatic N) is 6. The van der Waals surface area contributed by atoms with Crippen molar-refractivity contribution in [2.24, 2.45) is 0 Å². The monoisotopic (exact) mass is 1410 g/mol. The predicted molar refractivity (Wildman–Crippen MR) is 374 cm³/mol. The van der Waals surface area contributed by atoms with Crippen molar-refractivity contribution in [3.63, 3.8) is 0 Å². The average molecular weight is 1410 g/mol. The Bertz CT molecular complexity index is 4320. The van der Waals surface area contributed by atoms with E-state index in [-0.39, 0.29) is 69.7 Å². The molecule has 1 aliphatic heterocycles. The first-order valence-electron chi connectivity index (χ1n) is 31.8. The van der Waals surface area contributed by atoms with Crippen molar-refractivity contribution in [3.05, 3.63) is 304 Å². The Morgan fingerprint density at radius 2 is 0.865 bits per heavy atom. The van der Waals surface area contributed by atoms with Gasteiger partial charge in [0.2, 0.25) is 0 Å². The molecule has 3 aliphatic rings. The summed E-state index contributed by atoms with van der Waals surface area (Å²) < 4.78 is 39.8. The van der Waals surface area contributed by atoms with E-state index in [0.717, 1.165) is 98.1 Å². The maximum absolute atomic E-state index is 8.87. The molecule has 8 aromatic carbocycles. The second-order valence-electron chi connectivity index (χ2n) is 24.0. The minimum atomic E-state index is -3.15. The number of benzene rings is 8. The summed E-state index contributed by atoms with van der Waals surface area (Å²) >= 11 is 14.7. The van der Waals surface area contributed by atoms with Gasteiger partial charge in [-0.05, 0) is 164 Å². The fraction of sp³-hybridized carbons (Fsp3) is 0.200. The number of hydrogen-bond donors (Lipinski definition) is 0. The summed E-state index contributed by atoms with van der Waals surface area (Å²) in [7, 11) is -3.52. The number of aromatic nitrogens is 6. The SMILES string of the molecule is CC1(C)OB(c2ccnc(Cl)c2)OC1(C)C.Cc1nn(C(c2ccccc2)(c2ccccc2)c2ccccc2)c2ccc(OC3CC3)cc12.Clc1cc(-c2nn(C(c3ccccc3)(c3ccccc3)c3ccccc3)c3ccc(OC4CC4)cc23)ccn1.O=[P+]([O-])O[O-].[K+].[K][K]. The van der Waals surface area contributed by atoms with Crippen LogP contribution in [0.1, 0.15) is 92.5 Å². The van der Waals surface area contributed by atoms with Gasteiger partial charge in [0.15, 0.2) is 0 Å². The zero-order chi connectivity index (χ0) is 66.7. The quantitative estimate of drug-likeness (QED) is 0.0238. The summed E-state index contributed by atoms with van der Waals surface area (Å²) in [6, 6.07) is 84.0. The predicted octanol–water partition coefficient (Wildman–Crippen LogP) is 11.4. The van der Waals surface area contributed by atoms with Crippen molar-refractivity contribution in [3.8, 4) is 22.8 Å². The van der Waals surface area contributed by atoms with E-state index in [1.54, 1.807) is 18.5 Å². The van der Waals surface area contributed by atoms with Gasteiger partial charge < -0.3 is 28.9 Å². The molecular weight excluding hydrogens is 1340 g/mol. The van der Waals surface area contributed by atoms with E-state index in [2.05, 4.69) is 249 Å². The first kappa shape index (κ1) is 74.7. The average Bonchev–Trinajstić information content (AvgIpc) is 1.40. The summed E-state index contributed by atoms with van der Waals surface area (Å²) in [5.74, 6) is 1.79. The third-order valence-corrected chi connectivity index (χ3v) is 17.8. The molecule has 5 heterocycles. The molecule has 3 fully saturated rings. The molecule has 96 heavy (non-hydrogen) atoms. The van der Waals surface area contributed by atoms with Crippen LogP contribution in [0.3, 0.4) is 0 Å². The molecule has 4 aromatic heterocycles. The van der Waals surface area contributed by atoms with Gasteiger partial charge in [-0.2, -0.15) is 10.2 Å². The van der Waals surface area contributed by atoms with Gasteiger partial charge in [0.1, 0.15) is 38.6 Å². The third kappa shape index (κ3) is 17.0. The van der Waals surface area contributed by atoms with E-state index < -0.39 is 19.3 Å². The number of pyridine rings is 2. The number of halogens is 2. The molecule has 0 N–H and O–H groups in total. The van der Waals surface area contributed by atoms with E-state index in [1.165, 1.54) is 79.8 Å². The van der Waals surface area contributed by atoms with Crippen LogP contribution in [-0.2, 0) is 29.6 Å². The maximum atomic E-state index is 8.87. The van der Waals surface area contributed by atoms with Gasteiger partial charge in [-0.1, -0.05) is 205 Å². The molecule has 0 bridgehead atoms. The van der Waals surface area contributed by atoms with Crippen LogP contribution in [0.25, 0.3) is 33.1 Å². The van der Waals surface area contributed by atoms with Crippen LogP contribution in [-0.4, -0.2) is 123 Å². The number of rotatable bonds is 15. The van der Waals surface area contributed by atoms with Crippen LogP contribution in [0.4, 0.5) is 0 Å². The first-order valence-corrected chi connectivity index (χ1v) is 49.7. The number of aryl methyl sites for hydroxylation is 1. The summed E-state index contributed by atoms with van der Waals surface area (Å²) in [4.78, 5) is 17.0. The van der Waals surface area contributed by atoms with Gasteiger partial charge in [0.25, 0.3) is 0 Å². The van der Waals surface area contributed by atoms with Crippen molar-refractivity contribution in [2.75, 3.05) is 0 Å². The molecule has 0 amide bonds. The summed E-state index contributed by atoms with van der Waals surface area (Å²) in [5, 5.41) is 22.1. The molecule has 14 nitrogen and oxygen atoms in total. The van der Waals surface area contributed by atoms with Gasteiger partial charge >= 0.3 is 130 Å². The fourth-order valence-electron chi connectivity index (χ4n) is 11.9. The van der Waals surface area contributed by atoms with Crippen LogP contribution in [0.15, 0.2) is 255 Å².